The summed E-state index contributed by atoms with van der Waals surface area (Å²) in [4.78, 5) is 14.4. The first kappa shape index (κ1) is 22.0. The van der Waals surface area contributed by atoms with Crippen LogP contribution in [0.5, 0.6) is 5.75 Å². The number of halogens is 2. The largest absolute Gasteiger partial charge is 0.491 e. The second-order valence-electron chi connectivity index (χ2n) is 5.80. The van der Waals surface area contributed by atoms with Crippen molar-refractivity contribution < 1.29 is 9.53 Å². The van der Waals surface area contributed by atoms with Crippen molar-refractivity contribution in [2.45, 2.75) is 18.9 Å². The number of amides is 1. The van der Waals surface area contributed by atoms with E-state index in [1.807, 2.05) is 37.2 Å². The molecule has 1 amide bonds. The maximum atomic E-state index is 12.4. The van der Waals surface area contributed by atoms with Gasteiger partial charge in [-0.25, -0.2) is 0 Å². The lowest BCUT2D eigenvalue weighted by Gasteiger charge is -2.18. The van der Waals surface area contributed by atoms with Gasteiger partial charge >= 0.3 is 0 Å². The normalized spacial score (nSPS) is 14.4. The molecule has 1 aromatic rings. The number of nitrogens with one attached hydrogen (secondary N) is 1. The van der Waals surface area contributed by atoms with E-state index in [-0.39, 0.29) is 36.8 Å². The predicted octanol–water partition coefficient (Wildman–Crippen LogP) is 1.94. The van der Waals surface area contributed by atoms with Gasteiger partial charge in [0.15, 0.2) is 0 Å². The van der Waals surface area contributed by atoms with Gasteiger partial charge < -0.3 is 20.7 Å². The van der Waals surface area contributed by atoms with E-state index in [0.717, 1.165) is 19.4 Å². The first-order chi connectivity index (χ1) is 10.1. The standard InChI is InChI=1S/C16H25N3O2.2ClH/c1-19(2)9-10-21-15-6-4-3-5-13(15)16(20)18-14(11-17)12-7-8-12;;/h3-6,12,14H,7-11,17H2,1-2H3,(H,18,20);2*1H. The Balaban J connectivity index is 0.00000242. The Morgan fingerprint density at radius 3 is 2.57 bits per heavy atom. The number of carbonyl (C=O) groups is 1. The lowest BCUT2D eigenvalue weighted by Crippen LogP contribution is -2.41. The second-order valence-corrected chi connectivity index (χ2v) is 5.80. The Hall–Kier alpha value is -1.01. The number of nitrogens with zero attached hydrogens (tertiary/aromatic N) is 1. The molecule has 0 saturated heterocycles. The molecule has 2 rings (SSSR count). The van der Waals surface area contributed by atoms with Crippen molar-refractivity contribution in [3.63, 3.8) is 0 Å². The Kier molecular flexibility index (Phi) is 10.2. The monoisotopic (exact) mass is 363 g/mol. The lowest BCUT2D eigenvalue weighted by molar-refractivity contribution is 0.0929. The van der Waals surface area contributed by atoms with Crippen molar-refractivity contribution >= 4 is 30.7 Å². The van der Waals surface area contributed by atoms with E-state index in [1.54, 1.807) is 6.07 Å². The third-order valence-electron chi connectivity index (χ3n) is 3.69. The van der Waals surface area contributed by atoms with Crippen LogP contribution in [0.2, 0.25) is 0 Å². The summed E-state index contributed by atoms with van der Waals surface area (Å²) in [7, 11) is 3.98. The molecule has 0 heterocycles. The molecular formula is C16H27Cl2N3O2. The summed E-state index contributed by atoms with van der Waals surface area (Å²) < 4.78 is 5.73. The first-order valence-corrected chi connectivity index (χ1v) is 7.49. The van der Waals surface area contributed by atoms with Crippen LogP contribution in [-0.4, -0.2) is 50.6 Å². The molecule has 132 valence electrons. The molecule has 0 aliphatic heterocycles. The Labute approximate surface area is 150 Å². The zero-order chi connectivity index (χ0) is 15.2. The van der Waals surface area contributed by atoms with Crippen molar-refractivity contribution in [2.75, 3.05) is 33.8 Å². The van der Waals surface area contributed by atoms with Gasteiger partial charge in [-0.1, -0.05) is 12.1 Å². The number of carbonyl (C=O) groups excluding carboxylic acids is 1. The molecule has 3 N–H and O–H groups in total. The summed E-state index contributed by atoms with van der Waals surface area (Å²) in [6.07, 6.45) is 2.31. The van der Waals surface area contributed by atoms with E-state index >= 15 is 0 Å². The highest BCUT2D eigenvalue weighted by Crippen LogP contribution is 2.32. The third kappa shape index (κ3) is 6.96. The topological polar surface area (TPSA) is 67.6 Å². The minimum atomic E-state index is -0.0993. The van der Waals surface area contributed by atoms with E-state index in [1.165, 1.54) is 0 Å². The quantitative estimate of drug-likeness (QED) is 0.740. The van der Waals surface area contributed by atoms with Crippen LogP contribution >= 0.6 is 24.8 Å². The van der Waals surface area contributed by atoms with E-state index in [0.29, 0.717) is 30.4 Å². The molecule has 1 unspecified atom stereocenters. The van der Waals surface area contributed by atoms with Crippen molar-refractivity contribution in [1.82, 2.24) is 10.2 Å². The molecule has 23 heavy (non-hydrogen) atoms. The molecule has 0 aromatic heterocycles. The zero-order valence-corrected chi connectivity index (χ0v) is 15.3. The minimum Gasteiger partial charge on any atom is -0.491 e. The van der Waals surface area contributed by atoms with Crippen LogP contribution in [-0.2, 0) is 0 Å². The van der Waals surface area contributed by atoms with Gasteiger partial charge in [0, 0.05) is 19.1 Å². The van der Waals surface area contributed by atoms with Crippen LogP contribution in [0, 0.1) is 5.92 Å². The summed E-state index contributed by atoms with van der Waals surface area (Å²) in [6, 6.07) is 7.43. The van der Waals surface area contributed by atoms with E-state index < -0.39 is 0 Å². The van der Waals surface area contributed by atoms with Crippen molar-refractivity contribution in [2.24, 2.45) is 11.7 Å². The number of rotatable bonds is 8. The van der Waals surface area contributed by atoms with Crippen LogP contribution < -0.4 is 15.8 Å². The smallest absolute Gasteiger partial charge is 0.255 e. The fourth-order valence-electron chi connectivity index (χ4n) is 2.23. The number of ether oxygens (including phenoxy) is 1. The SMILES string of the molecule is CN(C)CCOc1ccccc1C(=O)NC(CN)C1CC1.Cl.Cl. The molecule has 1 aromatic carbocycles. The highest BCUT2D eigenvalue weighted by Gasteiger charge is 2.31. The van der Waals surface area contributed by atoms with E-state index in [9.17, 15) is 4.79 Å². The van der Waals surface area contributed by atoms with Crippen LogP contribution in [0.4, 0.5) is 0 Å². The zero-order valence-electron chi connectivity index (χ0n) is 13.7. The van der Waals surface area contributed by atoms with Gasteiger partial charge in [-0.3, -0.25) is 4.79 Å². The fourth-order valence-corrected chi connectivity index (χ4v) is 2.23. The minimum absolute atomic E-state index is 0. The maximum absolute atomic E-state index is 12.4. The van der Waals surface area contributed by atoms with Crippen molar-refractivity contribution in [3.05, 3.63) is 29.8 Å². The van der Waals surface area contributed by atoms with Gasteiger partial charge in [0.25, 0.3) is 5.91 Å². The number of hydrogen-bond acceptors (Lipinski definition) is 4. The first-order valence-electron chi connectivity index (χ1n) is 7.49. The van der Waals surface area contributed by atoms with Gasteiger partial charge in [-0.15, -0.1) is 24.8 Å². The van der Waals surface area contributed by atoms with E-state index in [2.05, 4.69) is 5.32 Å². The number of likely N-dealkylation sites (N-methyl/N-ethyl adjacent to an activating group) is 1. The van der Waals surface area contributed by atoms with Crippen LogP contribution in [0.3, 0.4) is 0 Å². The number of hydrogen-bond donors (Lipinski definition) is 2. The molecule has 5 nitrogen and oxygen atoms in total. The fraction of sp³-hybridized carbons (Fsp3) is 0.562. The number of nitrogens with two attached hydrogens (primary N) is 1. The van der Waals surface area contributed by atoms with Gasteiger partial charge in [-0.2, -0.15) is 0 Å². The predicted molar refractivity (Wildman–Crippen MR) is 98.0 cm³/mol. The molecule has 0 radical (unpaired) electrons. The number of para-hydroxylation sites is 1. The van der Waals surface area contributed by atoms with Crippen molar-refractivity contribution in [3.8, 4) is 5.75 Å². The average molecular weight is 364 g/mol. The highest BCUT2D eigenvalue weighted by atomic mass is 35.5. The van der Waals surface area contributed by atoms with Crippen LogP contribution in [0.25, 0.3) is 0 Å². The highest BCUT2D eigenvalue weighted by molar-refractivity contribution is 5.97. The summed E-state index contributed by atoms with van der Waals surface area (Å²) in [6.45, 7) is 1.85. The van der Waals surface area contributed by atoms with Gasteiger partial charge in [0.1, 0.15) is 12.4 Å². The lowest BCUT2D eigenvalue weighted by atomic mass is 10.1. The molecule has 1 aliphatic carbocycles. The molecule has 7 heteroatoms. The third-order valence-corrected chi connectivity index (χ3v) is 3.69. The van der Waals surface area contributed by atoms with E-state index in [4.69, 9.17) is 10.5 Å². The van der Waals surface area contributed by atoms with Gasteiger partial charge in [0.05, 0.1) is 5.56 Å². The summed E-state index contributed by atoms with van der Waals surface area (Å²) >= 11 is 0. The van der Waals surface area contributed by atoms with Gasteiger partial charge in [0.2, 0.25) is 0 Å². The Morgan fingerprint density at radius 1 is 1.35 bits per heavy atom. The molecule has 1 fully saturated rings. The molecule has 0 bridgehead atoms. The summed E-state index contributed by atoms with van der Waals surface area (Å²) in [5.74, 6) is 1.07. The summed E-state index contributed by atoms with van der Waals surface area (Å²) in [5.41, 5.74) is 6.32. The van der Waals surface area contributed by atoms with Gasteiger partial charge in [-0.05, 0) is 45.0 Å². The van der Waals surface area contributed by atoms with Crippen LogP contribution in [0.15, 0.2) is 24.3 Å². The molecule has 0 spiro atoms. The molecule has 1 saturated carbocycles. The second kappa shape index (κ2) is 10.7. The number of benzene rings is 1. The van der Waals surface area contributed by atoms with Crippen molar-refractivity contribution in [1.29, 1.82) is 0 Å². The Morgan fingerprint density at radius 2 is 2.00 bits per heavy atom. The Bertz CT molecular complexity index is 482. The molecular weight excluding hydrogens is 337 g/mol. The molecule has 1 aliphatic rings. The maximum Gasteiger partial charge on any atom is 0.255 e. The average Bonchev–Trinajstić information content (AvgIpc) is 3.29. The summed E-state index contributed by atoms with van der Waals surface area (Å²) in [5, 5.41) is 3.03. The molecule has 1 atom stereocenters. The van der Waals surface area contributed by atoms with Crippen LogP contribution in [0.1, 0.15) is 23.2 Å².